The van der Waals surface area contributed by atoms with Gasteiger partial charge in [-0.1, -0.05) is 0 Å². The summed E-state index contributed by atoms with van der Waals surface area (Å²) in [6.45, 7) is 2.92. The van der Waals surface area contributed by atoms with Gasteiger partial charge in [-0.15, -0.1) is 0 Å². The third-order valence-corrected chi connectivity index (χ3v) is 2.29. The van der Waals surface area contributed by atoms with Gasteiger partial charge in [-0.25, -0.2) is 20.7 Å². The van der Waals surface area contributed by atoms with Crippen LogP contribution in [0.4, 0.5) is 0 Å². The number of hydrogen-bond acceptors (Lipinski definition) is 10. The minimum absolute atomic E-state index is 0.0952. The van der Waals surface area contributed by atoms with E-state index in [0.717, 1.165) is 6.21 Å². The van der Waals surface area contributed by atoms with Gasteiger partial charge < -0.3 is 9.84 Å². The summed E-state index contributed by atoms with van der Waals surface area (Å²) in [6, 6.07) is 0. The lowest BCUT2D eigenvalue weighted by Gasteiger charge is -2.03. The van der Waals surface area contributed by atoms with Crippen molar-refractivity contribution in [3.63, 3.8) is 0 Å². The molecule has 1 aromatic heterocycles. The second-order valence-electron chi connectivity index (χ2n) is 3.85. The first-order valence-electron chi connectivity index (χ1n) is 6.16. The molecule has 0 saturated heterocycles. The number of ether oxygens (including phenoxy) is 1. The normalized spacial score (nSPS) is 11.8. The van der Waals surface area contributed by atoms with Crippen LogP contribution in [0.2, 0.25) is 0 Å². The number of nitrogens with two attached hydrogens (primary N) is 1. The van der Waals surface area contributed by atoms with Crippen LogP contribution in [0, 0.1) is 0 Å². The Morgan fingerprint density at radius 2 is 1.96 bits per heavy atom. The van der Waals surface area contributed by atoms with Gasteiger partial charge in [0.1, 0.15) is 11.3 Å². The summed E-state index contributed by atoms with van der Waals surface area (Å²) in [6.07, 6.45) is 0.876. The van der Waals surface area contributed by atoms with Gasteiger partial charge in [0.2, 0.25) is 11.4 Å². The van der Waals surface area contributed by atoms with Crippen LogP contribution < -0.4 is 16.7 Å². The van der Waals surface area contributed by atoms with Crippen LogP contribution in [0.25, 0.3) is 0 Å². The molecule has 0 saturated carbocycles. The molecule has 12 nitrogen and oxygen atoms in total. The molecule has 1 rings (SSSR count). The molecule has 0 aliphatic heterocycles. The van der Waals surface area contributed by atoms with E-state index in [4.69, 9.17) is 10.6 Å². The second kappa shape index (κ2) is 8.23. The van der Waals surface area contributed by atoms with Crippen molar-refractivity contribution in [3.05, 3.63) is 22.7 Å². The Labute approximate surface area is 129 Å². The molecule has 0 aliphatic rings. The SMILES string of the molecule is CCOC(=O)/C(C=NNC(=O)c1nonc1C(=O)NN)=C(/C)O. The average Bonchev–Trinajstić information content (AvgIpc) is 2.99. The van der Waals surface area contributed by atoms with Crippen molar-refractivity contribution < 1.29 is 28.9 Å². The first-order valence-corrected chi connectivity index (χ1v) is 6.16. The molecule has 1 heterocycles. The summed E-state index contributed by atoms with van der Waals surface area (Å²) in [5, 5.41) is 19.3. The molecular weight excluding hydrogens is 312 g/mol. The number of nitrogens with one attached hydrogen (secondary N) is 2. The quantitative estimate of drug-likeness (QED) is 0.0946. The molecule has 0 aromatic carbocycles. The summed E-state index contributed by atoms with van der Waals surface area (Å²) in [5.74, 6) is 1.90. The highest BCUT2D eigenvalue weighted by atomic mass is 16.6. The van der Waals surface area contributed by atoms with Gasteiger partial charge in [0.05, 0.1) is 12.8 Å². The maximum atomic E-state index is 11.8. The Morgan fingerprint density at radius 3 is 2.48 bits per heavy atom. The van der Waals surface area contributed by atoms with E-state index in [2.05, 4.69) is 20.0 Å². The van der Waals surface area contributed by atoms with E-state index in [0.29, 0.717) is 0 Å². The van der Waals surface area contributed by atoms with Crippen LogP contribution in [-0.4, -0.2) is 46.0 Å². The van der Waals surface area contributed by atoms with Crippen molar-refractivity contribution in [1.29, 1.82) is 0 Å². The van der Waals surface area contributed by atoms with Gasteiger partial charge in [-0.05, 0) is 24.2 Å². The number of amides is 2. The highest BCUT2D eigenvalue weighted by molar-refractivity contribution is 6.10. The smallest absolute Gasteiger partial charge is 0.343 e. The summed E-state index contributed by atoms with van der Waals surface area (Å²) in [7, 11) is 0. The number of aliphatic hydroxyl groups is 1. The fraction of sp³-hybridized carbons (Fsp3) is 0.273. The predicted octanol–water partition coefficient (Wildman–Crippen LogP) is -1.22. The first-order chi connectivity index (χ1) is 10.9. The van der Waals surface area contributed by atoms with Crippen LogP contribution in [0.1, 0.15) is 34.8 Å². The van der Waals surface area contributed by atoms with E-state index in [1.165, 1.54) is 6.92 Å². The second-order valence-corrected chi connectivity index (χ2v) is 3.85. The third-order valence-electron chi connectivity index (χ3n) is 2.29. The van der Waals surface area contributed by atoms with Gasteiger partial charge in [0.15, 0.2) is 0 Å². The number of nitrogens with zero attached hydrogens (tertiary/aromatic N) is 3. The molecule has 0 unspecified atom stereocenters. The number of esters is 1. The number of aliphatic hydroxyl groups excluding tert-OH is 1. The predicted molar refractivity (Wildman–Crippen MR) is 73.9 cm³/mol. The maximum absolute atomic E-state index is 11.8. The van der Waals surface area contributed by atoms with Crippen LogP contribution in [-0.2, 0) is 9.53 Å². The number of carbonyl (C=O) groups is 3. The maximum Gasteiger partial charge on any atom is 0.343 e. The van der Waals surface area contributed by atoms with Crippen LogP contribution in [0.3, 0.4) is 0 Å². The van der Waals surface area contributed by atoms with Crippen LogP contribution in [0.15, 0.2) is 21.1 Å². The van der Waals surface area contributed by atoms with E-state index < -0.39 is 29.2 Å². The van der Waals surface area contributed by atoms with Gasteiger partial charge in [-0.3, -0.25) is 15.0 Å². The number of rotatable bonds is 6. The number of nitrogen functional groups attached to an aromatic ring is 1. The van der Waals surface area contributed by atoms with Gasteiger partial charge >= 0.3 is 5.97 Å². The van der Waals surface area contributed by atoms with Crippen molar-refractivity contribution in [2.24, 2.45) is 10.9 Å². The lowest BCUT2D eigenvalue weighted by atomic mass is 10.2. The molecule has 0 radical (unpaired) electrons. The Bertz CT molecular complexity index is 660. The largest absolute Gasteiger partial charge is 0.512 e. The number of hydrazone groups is 1. The zero-order valence-electron chi connectivity index (χ0n) is 12.2. The zero-order valence-corrected chi connectivity index (χ0v) is 12.2. The van der Waals surface area contributed by atoms with E-state index in [1.807, 2.05) is 5.43 Å². The standard InChI is InChI=1S/C11H14N6O6/c1-3-22-11(21)6(5(2)18)4-13-15-10(20)8-7(9(19)14-12)16-23-17-8/h4,18H,3,12H2,1-2H3,(H,14,19)(H,15,20)/b6-5-,13-4?. The molecule has 12 heteroatoms. The summed E-state index contributed by atoms with van der Waals surface area (Å²) in [4.78, 5) is 34.6. The molecule has 2 amide bonds. The third kappa shape index (κ3) is 4.60. The van der Waals surface area contributed by atoms with E-state index in [9.17, 15) is 19.5 Å². The van der Waals surface area contributed by atoms with E-state index in [-0.39, 0.29) is 17.9 Å². The molecule has 5 N–H and O–H groups in total. The Balaban J connectivity index is 2.83. The molecule has 0 atom stereocenters. The van der Waals surface area contributed by atoms with Crippen molar-refractivity contribution >= 4 is 24.0 Å². The van der Waals surface area contributed by atoms with Crippen molar-refractivity contribution in [3.8, 4) is 0 Å². The monoisotopic (exact) mass is 326 g/mol. The highest BCUT2D eigenvalue weighted by Gasteiger charge is 2.23. The molecule has 23 heavy (non-hydrogen) atoms. The number of hydrogen-bond donors (Lipinski definition) is 4. The van der Waals surface area contributed by atoms with Gasteiger partial charge in [-0.2, -0.15) is 5.10 Å². The minimum Gasteiger partial charge on any atom is -0.512 e. The fourth-order valence-corrected chi connectivity index (χ4v) is 1.27. The Morgan fingerprint density at radius 1 is 1.35 bits per heavy atom. The lowest BCUT2D eigenvalue weighted by Crippen LogP contribution is -2.32. The first kappa shape index (κ1) is 17.8. The average molecular weight is 326 g/mol. The number of carbonyl (C=O) groups excluding carboxylic acids is 3. The fourth-order valence-electron chi connectivity index (χ4n) is 1.27. The summed E-state index contributed by atoms with van der Waals surface area (Å²) < 4.78 is 8.97. The minimum atomic E-state index is -0.945. The van der Waals surface area contributed by atoms with E-state index in [1.54, 1.807) is 12.3 Å². The number of allylic oxidation sites excluding steroid dienone is 1. The molecule has 0 spiro atoms. The zero-order chi connectivity index (χ0) is 17.4. The lowest BCUT2D eigenvalue weighted by molar-refractivity contribution is -0.138. The molecule has 1 aromatic rings. The molecule has 0 bridgehead atoms. The molecule has 0 aliphatic carbocycles. The Hall–Kier alpha value is -3.28. The Kier molecular flexibility index (Phi) is 6.36. The number of hydrazine groups is 1. The van der Waals surface area contributed by atoms with Crippen molar-refractivity contribution in [2.75, 3.05) is 6.61 Å². The van der Waals surface area contributed by atoms with Gasteiger partial charge in [0.25, 0.3) is 11.8 Å². The number of aromatic nitrogens is 2. The highest BCUT2D eigenvalue weighted by Crippen LogP contribution is 2.03. The molecular formula is C11H14N6O6. The molecule has 0 fully saturated rings. The summed E-state index contributed by atoms with van der Waals surface area (Å²) >= 11 is 0. The van der Waals surface area contributed by atoms with Crippen molar-refractivity contribution in [2.45, 2.75) is 13.8 Å². The molecule has 124 valence electrons. The van der Waals surface area contributed by atoms with Crippen molar-refractivity contribution in [1.82, 2.24) is 21.2 Å². The topological polar surface area (TPSA) is 182 Å². The van der Waals surface area contributed by atoms with Gasteiger partial charge in [0, 0.05) is 0 Å². The van der Waals surface area contributed by atoms with E-state index >= 15 is 0 Å². The van der Waals surface area contributed by atoms with Crippen LogP contribution >= 0.6 is 0 Å². The van der Waals surface area contributed by atoms with Crippen LogP contribution in [0.5, 0.6) is 0 Å². The summed E-state index contributed by atoms with van der Waals surface area (Å²) in [5.41, 5.74) is 2.57.